The molecule has 3 heterocycles. The number of nitrogens with zero attached hydrogens (tertiary/aromatic N) is 3. The van der Waals surface area contributed by atoms with Gasteiger partial charge in [0.15, 0.2) is 16.7 Å². The molecule has 3 aromatic carbocycles. The van der Waals surface area contributed by atoms with Crippen LogP contribution < -0.4 is 19.1 Å². The predicted octanol–water partition coefficient (Wildman–Crippen LogP) is 4.62. The molecule has 0 spiro atoms. The highest BCUT2D eigenvalue weighted by molar-refractivity contribution is 7.99. The number of rotatable bonds is 6. The first-order chi connectivity index (χ1) is 18.4. The summed E-state index contributed by atoms with van der Waals surface area (Å²) >= 11 is 1.13. The maximum Gasteiger partial charge on any atom is 0.268 e. The van der Waals surface area contributed by atoms with Crippen LogP contribution in [0.25, 0.3) is 11.3 Å². The third kappa shape index (κ3) is 4.54. The molecular weight excluding hydrogens is 524 g/mol. The van der Waals surface area contributed by atoms with Crippen molar-refractivity contribution in [3.63, 3.8) is 0 Å². The summed E-state index contributed by atoms with van der Waals surface area (Å²) in [5, 5.41) is 3.12. The van der Waals surface area contributed by atoms with Gasteiger partial charge in [0.1, 0.15) is 4.90 Å². The molecule has 2 aliphatic rings. The molecule has 1 amide bonds. The number of benzene rings is 3. The van der Waals surface area contributed by atoms with E-state index in [4.69, 9.17) is 9.47 Å². The van der Waals surface area contributed by atoms with Crippen LogP contribution >= 0.6 is 11.8 Å². The van der Waals surface area contributed by atoms with E-state index < -0.39 is 10.0 Å². The lowest BCUT2D eigenvalue weighted by molar-refractivity contribution is -0.113. The number of carbonyl (C=O) groups excluding carboxylic acids is 1. The van der Waals surface area contributed by atoms with E-state index in [2.05, 4.69) is 15.3 Å². The van der Waals surface area contributed by atoms with Crippen LogP contribution in [0.1, 0.15) is 11.1 Å². The molecule has 0 bridgehead atoms. The first-order valence-corrected chi connectivity index (χ1v) is 14.2. The summed E-state index contributed by atoms with van der Waals surface area (Å²) in [6.45, 7) is 2.32. The van der Waals surface area contributed by atoms with Gasteiger partial charge in [-0.05, 0) is 30.7 Å². The summed E-state index contributed by atoms with van der Waals surface area (Å²) in [5.74, 6) is 0.992. The molecule has 38 heavy (non-hydrogen) atoms. The Kier molecular flexibility index (Phi) is 6.16. The van der Waals surface area contributed by atoms with Gasteiger partial charge in [0.25, 0.3) is 10.0 Å². The smallest absolute Gasteiger partial charge is 0.268 e. The number of aromatic nitrogens is 2. The van der Waals surface area contributed by atoms with Crippen LogP contribution in [0.3, 0.4) is 0 Å². The van der Waals surface area contributed by atoms with Crippen LogP contribution in [0.5, 0.6) is 11.5 Å². The van der Waals surface area contributed by atoms with E-state index in [0.717, 1.165) is 22.9 Å². The van der Waals surface area contributed by atoms with Crippen molar-refractivity contribution >= 4 is 39.1 Å². The first kappa shape index (κ1) is 24.3. The maximum absolute atomic E-state index is 13.7. The van der Waals surface area contributed by atoms with Crippen molar-refractivity contribution in [1.82, 2.24) is 9.97 Å². The van der Waals surface area contributed by atoms with E-state index in [1.807, 2.05) is 43.3 Å². The number of carbonyl (C=O) groups is 1. The summed E-state index contributed by atoms with van der Waals surface area (Å²) in [6, 6.07) is 20.2. The number of hydrogen-bond donors (Lipinski definition) is 1. The number of fused-ring (bicyclic) bond motifs is 4. The Morgan fingerprint density at radius 1 is 1.05 bits per heavy atom. The van der Waals surface area contributed by atoms with Crippen molar-refractivity contribution < 1.29 is 22.7 Å². The highest BCUT2D eigenvalue weighted by atomic mass is 32.2. The number of aryl methyl sites for hydroxylation is 1. The fraction of sp³-hybridized carbons (Fsp3) is 0.148. The zero-order valence-electron chi connectivity index (χ0n) is 20.2. The van der Waals surface area contributed by atoms with Gasteiger partial charge in [-0.15, -0.1) is 0 Å². The number of ether oxygens (including phenoxy) is 2. The molecule has 0 atom stereocenters. The van der Waals surface area contributed by atoms with Crippen molar-refractivity contribution in [2.24, 2.45) is 0 Å². The Bertz CT molecular complexity index is 1680. The second kappa shape index (κ2) is 9.66. The van der Waals surface area contributed by atoms with Crippen LogP contribution in [-0.4, -0.2) is 36.8 Å². The van der Waals surface area contributed by atoms with Crippen LogP contribution in [0, 0.1) is 6.92 Å². The summed E-state index contributed by atoms with van der Waals surface area (Å²) in [6.07, 6.45) is 1.33. The largest absolute Gasteiger partial charge is 0.454 e. The molecule has 0 fully saturated rings. The lowest BCUT2D eigenvalue weighted by Gasteiger charge is -2.31. The van der Waals surface area contributed by atoms with Crippen LogP contribution in [0.2, 0.25) is 0 Å². The van der Waals surface area contributed by atoms with Gasteiger partial charge in [-0.3, -0.25) is 9.10 Å². The predicted molar refractivity (Wildman–Crippen MR) is 144 cm³/mol. The van der Waals surface area contributed by atoms with E-state index in [-0.39, 0.29) is 29.9 Å². The Labute approximate surface area is 223 Å². The van der Waals surface area contributed by atoms with Gasteiger partial charge in [-0.2, -0.15) is 0 Å². The van der Waals surface area contributed by atoms with Gasteiger partial charge in [-0.1, -0.05) is 59.8 Å². The van der Waals surface area contributed by atoms with Gasteiger partial charge in [0.05, 0.1) is 29.9 Å². The molecule has 0 aliphatic carbocycles. The van der Waals surface area contributed by atoms with Crippen LogP contribution in [0.15, 0.2) is 83.0 Å². The van der Waals surface area contributed by atoms with E-state index in [0.29, 0.717) is 39.3 Å². The fourth-order valence-electron chi connectivity index (χ4n) is 4.39. The second-order valence-electron chi connectivity index (χ2n) is 8.79. The third-order valence-electron chi connectivity index (χ3n) is 6.13. The first-order valence-electron chi connectivity index (χ1n) is 11.8. The van der Waals surface area contributed by atoms with Gasteiger partial charge < -0.3 is 14.8 Å². The van der Waals surface area contributed by atoms with Crippen molar-refractivity contribution in [2.75, 3.05) is 22.2 Å². The fourth-order valence-corrected chi connectivity index (χ4v) is 6.57. The molecule has 0 radical (unpaired) electrons. The third-order valence-corrected chi connectivity index (χ3v) is 8.75. The molecule has 6 rings (SSSR count). The minimum atomic E-state index is -3.90. The Hall–Kier alpha value is -4.09. The van der Waals surface area contributed by atoms with Gasteiger partial charge in [0, 0.05) is 17.3 Å². The normalized spacial score (nSPS) is 14.5. The number of thioether (sulfide) groups is 1. The van der Waals surface area contributed by atoms with E-state index in [1.54, 1.807) is 30.3 Å². The molecule has 9 nitrogen and oxygen atoms in total. The van der Waals surface area contributed by atoms with Crippen molar-refractivity contribution in [2.45, 2.75) is 23.5 Å². The maximum atomic E-state index is 13.7. The van der Waals surface area contributed by atoms with Crippen molar-refractivity contribution in [1.29, 1.82) is 0 Å². The minimum Gasteiger partial charge on any atom is -0.454 e. The number of anilines is 2. The molecule has 0 saturated carbocycles. The van der Waals surface area contributed by atoms with Gasteiger partial charge in [-0.25, -0.2) is 18.4 Å². The lowest BCUT2D eigenvalue weighted by Crippen LogP contribution is -2.34. The van der Waals surface area contributed by atoms with Gasteiger partial charge >= 0.3 is 0 Å². The average Bonchev–Trinajstić information content (AvgIpc) is 3.38. The number of hydrogen-bond acceptors (Lipinski definition) is 8. The number of sulfonamides is 1. The average molecular weight is 547 g/mol. The molecule has 192 valence electrons. The summed E-state index contributed by atoms with van der Waals surface area (Å²) < 4.78 is 39.4. The lowest BCUT2D eigenvalue weighted by atomic mass is 10.1. The molecule has 4 aromatic rings. The van der Waals surface area contributed by atoms with E-state index in [9.17, 15) is 13.2 Å². The summed E-state index contributed by atoms with van der Waals surface area (Å²) in [4.78, 5) is 21.4. The Balaban J connectivity index is 1.23. The van der Waals surface area contributed by atoms with Gasteiger partial charge in [0.2, 0.25) is 12.7 Å². The zero-order valence-corrected chi connectivity index (χ0v) is 21.9. The second-order valence-corrected chi connectivity index (χ2v) is 11.6. The topological polar surface area (TPSA) is 111 Å². The number of amides is 1. The summed E-state index contributed by atoms with van der Waals surface area (Å²) in [7, 11) is -3.90. The van der Waals surface area contributed by atoms with Crippen LogP contribution in [0.4, 0.5) is 11.4 Å². The highest BCUT2D eigenvalue weighted by Crippen LogP contribution is 2.43. The molecule has 0 saturated heterocycles. The molecule has 1 N–H and O–H groups in total. The highest BCUT2D eigenvalue weighted by Gasteiger charge is 2.36. The molecule has 0 unspecified atom stereocenters. The molecule has 11 heteroatoms. The van der Waals surface area contributed by atoms with Crippen molar-refractivity contribution in [3.8, 4) is 22.8 Å². The quantitative estimate of drug-likeness (QED) is 0.276. The number of nitrogens with one attached hydrogen (secondary N) is 1. The monoisotopic (exact) mass is 546 g/mol. The SMILES string of the molecule is Cc1cccc(CN2c3ccccc3-c3nc(SCC(=O)Nc4ccc5c(c4)OCO5)ncc3S2(=O)=O)c1. The molecule has 2 aliphatic heterocycles. The zero-order chi connectivity index (χ0) is 26.3. The van der Waals surface area contributed by atoms with E-state index in [1.165, 1.54) is 10.5 Å². The van der Waals surface area contributed by atoms with Crippen molar-refractivity contribution in [3.05, 3.63) is 84.1 Å². The summed E-state index contributed by atoms with van der Waals surface area (Å²) in [5.41, 5.74) is 4.09. The minimum absolute atomic E-state index is 0.0398. The standard InChI is InChI=1S/C27H22N4O5S2/c1-17-5-4-6-18(11-17)14-31-21-8-3-2-7-20(21)26-24(38(31,33)34)13-28-27(30-26)37-15-25(32)29-19-9-10-22-23(12-19)36-16-35-22/h2-13H,14-16H2,1H3,(H,29,32). The Morgan fingerprint density at radius 2 is 1.89 bits per heavy atom. The van der Waals surface area contributed by atoms with E-state index >= 15 is 0 Å². The van der Waals surface area contributed by atoms with Crippen LogP contribution in [-0.2, 0) is 21.4 Å². The molecular formula is C27H22N4O5S2. The number of para-hydroxylation sites is 1. The Morgan fingerprint density at radius 3 is 2.76 bits per heavy atom. The molecule has 1 aromatic heterocycles.